The summed E-state index contributed by atoms with van der Waals surface area (Å²) in [5, 5.41) is 10.2. The maximum atomic E-state index is 13.2. The summed E-state index contributed by atoms with van der Waals surface area (Å²) in [5.74, 6) is -2.63. The van der Waals surface area contributed by atoms with Gasteiger partial charge in [0.1, 0.15) is 6.04 Å². The lowest BCUT2D eigenvalue weighted by Gasteiger charge is -2.39. The number of hydrazine groups is 1. The van der Waals surface area contributed by atoms with Crippen molar-refractivity contribution in [2.24, 2.45) is 11.7 Å². The number of nitrogens with one attached hydrogen (secondary N) is 1. The van der Waals surface area contributed by atoms with Crippen LogP contribution in [0.4, 0.5) is 9.18 Å². The summed E-state index contributed by atoms with van der Waals surface area (Å²) < 4.78 is 13.2. The minimum absolute atomic E-state index is 0.196. The van der Waals surface area contributed by atoms with E-state index in [1.54, 1.807) is 20.8 Å². The van der Waals surface area contributed by atoms with Crippen molar-refractivity contribution in [3.63, 3.8) is 0 Å². The van der Waals surface area contributed by atoms with E-state index in [4.69, 9.17) is 17.3 Å². The molecule has 27 heavy (non-hydrogen) atoms. The van der Waals surface area contributed by atoms with Crippen LogP contribution in [0, 0.1) is 5.92 Å². The molecule has 9 nitrogen and oxygen atoms in total. The van der Waals surface area contributed by atoms with Crippen molar-refractivity contribution < 1.29 is 28.7 Å². The van der Waals surface area contributed by atoms with Gasteiger partial charge in [-0.05, 0) is 33.1 Å². The molecule has 0 aliphatic heterocycles. The Hall–Kier alpha value is -2.10. The van der Waals surface area contributed by atoms with E-state index in [2.05, 4.69) is 5.43 Å². The van der Waals surface area contributed by atoms with E-state index in [9.17, 15) is 28.7 Å². The molecular weight excluding hydrogens is 383 g/mol. The van der Waals surface area contributed by atoms with Gasteiger partial charge in [0, 0.05) is 12.0 Å². The molecule has 11 heteroatoms. The highest BCUT2D eigenvalue weighted by atomic mass is 35.5. The number of carboxylic acid groups (broad SMARTS) is 1. The highest BCUT2D eigenvalue weighted by Crippen LogP contribution is 2.36. The fourth-order valence-electron chi connectivity index (χ4n) is 2.66. The van der Waals surface area contributed by atoms with E-state index in [0.29, 0.717) is 5.01 Å². The molecule has 1 fully saturated rings. The number of alkyl halides is 2. The zero-order valence-corrected chi connectivity index (χ0v) is 16.3. The molecule has 0 bridgehead atoms. The Morgan fingerprint density at radius 3 is 2.22 bits per heavy atom. The molecule has 1 rings (SSSR count). The Balaban J connectivity index is 3.04. The maximum absolute atomic E-state index is 13.2. The number of carbonyl (C=O) groups is 4. The Bertz CT molecular complexity index is 592. The fraction of sp³-hybridized carbons (Fsp3) is 0.750. The number of hydrogen-bond donors (Lipinski definition) is 3. The first kappa shape index (κ1) is 22.9. The molecule has 1 aliphatic carbocycles. The molecule has 1 aliphatic rings. The number of carbonyl (C=O) groups excluding carboxylic acids is 3. The molecule has 0 aromatic carbocycles. The van der Waals surface area contributed by atoms with Gasteiger partial charge >= 0.3 is 6.09 Å². The summed E-state index contributed by atoms with van der Waals surface area (Å²) in [7, 11) is 0. The van der Waals surface area contributed by atoms with Crippen molar-refractivity contribution in [1.82, 2.24) is 15.3 Å². The second-order valence-electron chi connectivity index (χ2n) is 7.50. The van der Waals surface area contributed by atoms with Crippen molar-refractivity contribution in [3.8, 4) is 0 Å². The van der Waals surface area contributed by atoms with Gasteiger partial charge in [-0.1, -0.05) is 24.4 Å². The van der Waals surface area contributed by atoms with Gasteiger partial charge in [-0.25, -0.2) is 14.2 Å². The van der Waals surface area contributed by atoms with Gasteiger partial charge in [0.15, 0.2) is 0 Å². The third kappa shape index (κ3) is 7.20. The molecule has 154 valence electrons. The van der Waals surface area contributed by atoms with E-state index in [1.807, 2.05) is 0 Å². The van der Waals surface area contributed by atoms with E-state index >= 15 is 0 Å². The standard InChI is InChI=1S/C16H26ClFN4O5/c1-16(2,3)22(15(26)27)10(8-9-4-5-9)13(24)20-21(7-6-11(19)23)14(25)12(17)18/h9-10,12H,4-8H2,1-3H3,(H2,19,23)(H,20,24)(H,26,27)/t10-,12?/m0/s1. The van der Waals surface area contributed by atoms with Crippen molar-refractivity contribution in [1.29, 1.82) is 0 Å². The molecule has 1 saturated carbocycles. The molecular formula is C16H26ClFN4O5. The third-order valence-electron chi connectivity index (χ3n) is 4.08. The monoisotopic (exact) mass is 408 g/mol. The van der Waals surface area contributed by atoms with Gasteiger partial charge in [-0.2, -0.15) is 0 Å². The van der Waals surface area contributed by atoms with Crippen molar-refractivity contribution in [3.05, 3.63) is 0 Å². The Morgan fingerprint density at radius 1 is 1.30 bits per heavy atom. The van der Waals surface area contributed by atoms with Crippen molar-refractivity contribution in [2.45, 2.75) is 63.7 Å². The molecule has 0 aromatic rings. The van der Waals surface area contributed by atoms with Crippen LogP contribution in [-0.2, 0) is 14.4 Å². The van der Waals surface area contributed by atoms with Crippen molar-refractivity contribution >= 4 is 35.4 Å². The maximum Gasteiger partial charge on any atom is 0.408 e. The molecule has 0 spiro atoms. The summed E-state index contributed by atoms with van der Waals surface area (Å²) in [6.07, 6.45) is 0.400. The molecule has 0 radical (unpaired) electrons. The number of hydrogen-bond acceptors (Lipinski definition) is 4. The van der Waals surface area contributed by atoms with E-state index in [1.165, 1.54) is 0 Å². The molecule has 0 saturated heterocycles. The second kappa shape index (κ2) is 9.20. The SMILES string of the molecule is CC(C)(C)N(C(=O)O)[C@@H](CC1CC1)C(=O)NN(CCC(N)=O)C(=O)C(F)Cl. The minimum atomic E-state index is -2.43. The Kier molecular flexibility index (Phi) is 7.82. The van der Waals surface area contributed by atoms with E-state index in [-0.39, 0.29) is 25.3 Å². The van der Waals surface area contributed by atoms with Gasteiger partial charge in [-0.15, -0.1) is 0 Å². The molecule has 1 unspecified atom stereocenters. The van der Waals surface area contributed by atoms with Crippen LogP contribution >= 0.6 is 11.6 Å². The van der Waals surface area contributed by atoms with Gasteiger partial charge in [-0.3, -0.25) is 24.7 Å². The van der Waals surface area contributed by atoms with Crippen LogP contribution in [0.2, 0.25) is 0 Å². The predicted octanol–water partition coefficient (Wildman–Crippen LogP) is 1.20. The largest absolute Gasteiger partial charge is 0.465 e. The average molecular weight is 409 g/mol. The molecule has 4 N–H and O–H groups in total. The first-order valence-electron chi connectivity index (χ1n) is 8.55. The first-order chi connectivity index (χ1) is 12.3. The van der Waals surface area contributed by atoms with Crippen molar-refractivity contribution in [2.75, 3.05) is 6.54 Å². The molecule has 0 aromatic heterocycles. The average Bonchev–Trinajstić information content (AvgIpc) is 3.31. The summed E-state index contributed by atoms with van der Waals surface area (Å²) in [4.78, 5) is 48.4. The third-order valence-corrected chi connectivity index (χ3v) is 4.26. The summed E-state index contributed by atoms with van der Waals surface area (Å²) in [6, 6.07) is -1.09. The zero-order chi connectivity index (χ0) is 20.9. The van der Waals surface area contributed by atoms with Crippen LogP contribution in [0.25, 0.3) is 0 Å². The van der Waals surface area contributed by atoms with E-state index < -0.39 is 41.0 Å². The van der Waals surface area contributed by atoms with Gasteiger partial charge in [0.05, 0.1) is 6.54 Å². The molecule has 2 atom stereocenters. The number of primary amides is 1. The number of nitrogens with two attached hydrogens (primary N) is 1. The lowest BCUT2D eigenvalue weighted by atomic mass is 9.99. The first-order valence-corrected chi connectivity index (χ1v) is 8.98. The van der Waals surface area contributed by atoms with Crippen LogP contribution in [-0.4, -0.2) is 62.6 Å². The number of rotatable bonds is 8. The molecule has 4 amide bonds. The van der Waals surface area contributed by atoms with Crippen LogP contribution < -0.4 is 11.2 Å². The van der Waals surface area contributed by atoms with Gasteiger partial charge in [0.25, 0.3) is 17.4 Å². The Morgan fingerprint density at radius 2 is 1.85 bits per heavy atom. The van der Waals surface area contributed by atoms with Gasteiger partial charge in [0.2, 0.25) is 5.91 Å². The fourth-order valence-corrected chi connectivity index (χ4v) is 2.77. The van der Waals surface area contributed by atoms with Crippen LogP contribution in [0.3, 0.4) is 0 Å². The van der Waals surface area contributed by atoms with E-state index in [0.717, 1.165) is 17.7 Å². The highest BCUT2D eigenvalue weighted by molar-refractivity contribution is 6.29. The number of nitrogens with zero attached hydrogens (tertiary/aromatic N) is 2. The summed E-state index contributed by atoms with van der Waals surface area (Å²) >= 11 is 5.15. The highest BCUT2D eigenvalue weighted by Gasteiger charge is 2.41. The smallest absolute Gasteiger partial charge is 0.408 e. The topological polar surface area (TPSA) is 133 Å². The Labute approximate surface area is 161 Å². The zero-order valence-electron chi connectivity index (χ0n) is 15.6. The predicted molar refractivity (Wildman–Crippen MR) is 95.2 cm³/mol. The summed E-state index contributed by atoms with van der Waals surface area (Å²) in [5.41, 5.74) is 3.91. The lowest BCUT2D eigenvalue weighted by Crippen LogP contribution is -2.60. The lowest BCUT2D eigenvalue weighted by molar-refractivity contribution is -0.146. The number of halogens is 2. The second-order valence-corrected chi connectivity index (χ2v) is 7.88. The molecule has 0 heterocycles. The van der Waals surface area contributed by atoms with Crippen LogP contribution in [0.1, 0.15) is 46.5 Å². The quantitative estimate of drug-likeness (QED) is 0.410. The van der Waals surface area contributed by atoms with Crippen LogP contribution in [0.15, 0.2) is 0 Å². The van der Waals surface area contributed by atoms with Crippen LogP contribution in [0.5, 0.6) is 0 Å². The summed E-state index contributed by atoms with van der Waals surface area (Å²) in [6.45, 7) is 4.54. The van der Waals surface area contributed by atoms with Gasteiger partial charge < -0.3 is 10.8 Å². The minimum Gasteiger partial charge on any atom is -0.465 e. The normalized spacial score (nSPS) is 16.2. The number of amides is 4.